The van der Waals surface area contributed by atoms with Gasteiger partial charge in [0.1, 0.15) is 5.82 Å². The summed E-state index contributed by atoms with van der Waals surface area (Å²) in [5, 5.41) is 9.80. The average molecular weight is 206 g/mol. The number of pyridine rings is 1. The van der Waals surface area contributed by atoms with Crippen molar-refractivity contribution in [2.75, 3.05) is 18.0 Å². The molecule has 0 amide bonds. The van der Waals surface area contributed by atoms with Gasteiger partial charge in [0.05, 0.1) is 5.60 Å². The van der Waals surface area contributed by atoms with Crippen molar-refractivity contribution in [3.8, 4) is 0 Å². The van der Waals surface area contributed by atoms with Crippen molar-refractivity contribution in [2.45, 2.75) is 18.9 Å². The summed E-state index contributed by atoms with van der Waals surface area (Å²) >= 11 is 0. The van der Waals surface area contributed by atoms with Crippen LogP contribution in [0.15, 0.2) is 18.3 Å². The molecular formula is C11H14N2O2. The minimum atomic E-state index is -0.620. The summed E-state index contributed by atoms with van der Waals surface area (Å²) in [6.45, 7) is 3.23. The van der Waals surface area contributed by atoms with Crippen LogP contribution in [0.25, 0.3) is 0 Å². The van der Waals surface area contributed by atoms with Crippen LogP contribution in [0.5, 0.6) is 0 Å². The molecule has 1 aromatic heterocycles. The van der Waals surface area contributed by atoms with E-state index in [4.69, 9.17) is 0 Å². The number of carbonyl (C=O) groups is 1. The molecule has 1 unspecified atom stereocenters. The molecule has 0 saturated carbocycles. The SMILES string of the molecule is CC1(O)CCN(c2ccc(C=O)cn2)C1. The summed E-state index contributed by atoms with van der Waals surface area (Å²) in [6, 6.07) is 3.55. The summed E-state index contributed by atoms with van der Waals surface area (Å²) in [5.41, 5.74) is -0.0462. The van der Waals surface area contributed by atoms with Crippen molar-refractivity contribution in [1.82, 2.24) is 4.98 Å². The van der Waals surface area contributed by atoms with E-state index in [2.05, 4.69) is 4.98 Å². The Morgan fingerprint density at radius 2 is 2.40 bits per heavy atom. The fourth-order valence-corrected chi connectivity index (χ4v) is 1.79. The number of nitrogens with zero attached hydrogens (tertiary/aromatic N) is 2. The molecule has 2 heterocycles. The van der Waals surface area contributed by atoms with Crippen LogP contribution in [0.2, 0.25) is 0 Å². The van der Waals surface area contributed by atoms with Gasteiger partial charge in [0.2, 0.25) is 0 Å². The third kappa shape index (κ3) is 2.15. The molecule has 80 valence electrons. The van der Waals surface area contributed by atoms with Crippen LogP contribution >= 0.6 is 0 Å². The van der Waals surface area contributed by atoms with Gasteiger partial charge in [-0.1, -0.05) is 0 Å². The minimum Gasteiger partial charge on any atom is -0.388 e. The Kier molecular flexibility index (Phi) is 2.44. The van der Waals surface area contributed by atoms with E-state index in [1.54, 1.807) is 12.3 Å². The number of β-amino-alcohol motifs (C(OH)–C–C–N with tert-alkyl or cyclic N) is 1. The van der Waals surface area contributed by atoms with Gasteiger partial charge in [0.25, 0.3) is 0 Å². The van der Waals surface area contributed by atoms with E-state index >= 15 is 0 Å². The first-order chi connectivity index (χ1) is 7.11. The quantitative estimate of drug-likeness (QED) is 0.729. The maximum Gasteiger partial charge on any atom is 0.151 e. The molecule has 0 bridgehead atoms. The number of aldehydes is 1. The van der Waals surface area contributed by atoms with Crippen molar-refractivity contribution in [1.29, 1.82) is 0 Å². The van der Waals surface area contributed by atoms with E-state index in [1.165, 1.54) is 0 Å². The largest absolute Gasteiger partial charge is 0.388 e. The van der Waals surface area contributed by atoms with Crippen molar-refractivity contribution >= 4 is 12.1 Å². The maximum atomic E-state index is 10.4. The van der Waals surface area contributed by atoms with E-state index in [1.807, 2.05) is 17.9 Å². The van der Waals surface area contributed by atoms with Crippen LogP contribution in [0, 0.1) is 0 Å². The second kappa shape index (κ2) is 3.62. The number of rotatable bonds is 2. The highest BCUT2D eigenvalue weighted by molar-refractivity contribution is 5.74. The topological polar surface area (TPSA) is 53.4 Å². The Labute approximate surface area is 88.6 Å². The summed E-state index contributed by atoms with van der Waals surface area (Å²) < 4.78 is 0. The van der Waals surface area contributed by atoms with Crippen LogP contribution in [0.1, 0.15) is 23.7 Å². The molecule has 1 fully saturated rings. The molecule has 1 aromatic rings. The zero-order chi connectivity index (χ0) is 10.9. The van der Waals surface area contributed by atoms with E-state index in [-0.39, 0.29) is 0 Å². The smallest absolute Gasteiger partial charge is 0.151 e. The fourth-order valence-electron chi connectivity index (χ4n) is 1.79. The van der Waals surface area contributed by atoms with Crippen molar-refractivity contribution in [3.05, 3.63) is 23.9 Å². The molecular weight excluding hydrogens is 192 g/mol. The second-order valence-corrected chi connectivity index (χ2v) is 4.24. The van der Waals surface area contributed by atoms with Crippen molar-refractivity contribution < 1.29 is 9.90 Å². The van der Waals surface area contributed by atoms with Gasteiger partial charge in [0.15, 0.2) is 6.29 Å². The van der Waals surface area contributed by atoms with Gasteiger partial charge in [-0.2, -0.15) is 0 Å². The third-order valence-corrected chi connectivity index (χ3v) is 2.68. The summed E-state index contributed by atoms with van der Waals surface area (Å²) in [5.74, 6) is 0.818. The van der Waals surface area contributed by atoms with E-state index in [9.17, 15) is 9.90 Å². The predicted molar refractivity (Wildman–Crippen MR) is 57.1 cm³/mol. The minimum absolute atomic E-state index is 0.574. The zero-order valence-electron chi connectivity index (χ0n) is 8.68. The lowest BCUT2D eigenvalue weighted by Crippen LogP contribution is -2.29. The Morgan fingerprint density at radius 1 is 1.60 bits per heavy atom. The summed E-state index contributed by atoms with van der Waals surface area (Å²) in [4.78, 5) is 16.7. The van der Waals surface area contributed by atoms with Gasteiger partial charge in [-0.05, 0) is 25.5 Å². The Balaban J connectivity index is 2.14. The number of anilines is 1. The van der Waals surface area contributed by atoms with Crippen LogP contribution in [0.4, 0.5) is 5.82 Å². The molecule has 2 rings (SSSR count). The van der Waals surface area contributed by atoms with Gasteiger partial charge < -0.3 is 10.0 Å². The number of carbonyl (C=O) groups excluding carboxylic acids is 1. The van der Waals surface area contributed by atoms with E-state index in [0.29, 0.717) is 12.1 Å². The number of hydrogen-bond acceptors (Lipinski definition) is 4. The molecule has 0 aliphatic carbocycles. The van der Waals surface area contributed by atoms with E-state index < -0.39 is 5.60 Å². The summed E-state index contributed by atoms with van der Waals surface area (Å²) in [6.07, 6.45) is 3.08. The lowest BCUT2D eigenvalue weighted by Gasteiger charge is -2.19. The predicted octanol–water partition coefficient (Wildman–Crippen LogP) is 0.855. The first-order valence-electron chi connectivity index (χ1n) is 4.99. The Hall–Kier alpha value is -1.42. The molecule has 1 saturated heterocycles. The van der Waals surface area contributed by atoms with Crippen molar-refractivity contribution in [3.63, 3.8) is 0 Å². The van der Waals surface area contributed by atoms with Crippen LogP contribution < -0.4 is 4.90 Å². The summed E-state index contributed by atoms with van der Waals surface area (Å²) in [7, 11) is 0. The lowest BCUT2D eigenvalue weighted by molar-refractivity contribution is 0.0839. The average Bonchev–Trinajstić information content (AvgIpc) is 2.59. The maximum absolute atomic E-state index is 10.4. The molecule has 1 atom stereocenters. The van der Waals surface area contributed by atoms with E-state index in [0.717, 1.165) is 25.1 Å². The molecule has 0 spiro atoms. The lowest BCUT2D eigenvalue weighted by atomic mass is 10.1. The first kappa shape index (κ1) is 10.1. The molecule has 1 aliphatic rings. The number of aromatic nitrogens is 1. The highest BCUT2D eigenvalue weighted by atomic mass is 16.3. The monoisotopic (exact) mass is 206 g/mol. The Morgan fingerprint density at radius 3 is 2.87 bits per heavy atom. The van der Waals surface area contributed by atoms with Gasteiger partial charge in [0, 0.05) is 24.8 Å². The molecule has 4 heteroatoms. The Bertz CT molecular complexity index is 359. The number of aliphatic hydroxyl groups is 1. The van der Waals surface area contributed by atoms with Gasteiger partial charge in [-0.25, -0.2) is 4.98 Å². The fraction of sp³-hybridized carbons (Fsp3) is 0.455. The van der Waals surface area contributed by atoms with Crippen LogP contribution in [0.3, 0.4) is 0 Å². The molecule has 15 heavy (non-hydrogen) atoms. The van der Waals surface area contributed by atoms with Gasteiger partial charge in [-0.15, -0.1) is 0 Å². The van der Waals surface area contributed by atoms with Crippen LogP contribution in [-0.2, 0) is 0 Å². The second-order valence-electron chi connectivity index (χ2n) is 4.24. The molecule has 1 aliphatic heterocycles. The highest BCUT2D eigenvalue weighted by Gasteiger charge is 2.31. The third-order valence-electron chi connectivity index (χ3n) is 2.68. The first-order valence-corrected chi connectivity index (χ1v) is 4.99. The molecule has 0 aromatic carbocycles. The standard InChI is InChI=1S/C11H14N2O2/c1-11(15)4-5-13(8-11)10-3-2-9(7-14)6-12-10/h2-3,6-7,15H,4-5,8H2,1H3. The normalized spacial score (nSPS) is 25.6. The van der Waals surface area contributed by atoms with Crippen molar-refractivity contribution in [2.24, 2.45) is 0 Å². The van der Waals surface area contributed by atoms with Gasteiger partial charge in [-0.3, -0.25) is 4.79 Å². The molecule has 0 radical (unpaired) electrons. The van der Waals surface area contributed by atoms with Gasteiger partial charge >= 0.3 is 0 Å². The highest BCUT2D eigenvalue weighted by Crippen LogP contribution is 2.24. The molecule has 4 nitrogen and oxygen atoms in total. The molecule has 1 N–H and O–H groups in total. The van der Waals surface area contributed by atoms with Crippen LogP contribution in [-0.4, -0.2) is 35.1 Å². The number of hydrogen-bond donors (Lipinski definition) is 1. The zero-order valence-corrected chi connectivity index (χ0v) is 8.68.